The van der Waals surface area contributed by atoms with Gasteiger partial charge in [0.1, 0.15) is 0 Å². The van der Waals surface area contributed by atoms with E-state index in [4.69, 9.17) is 5.11 Å². The summed E-state index contributed by atoms with van der Waals surface area (Å²) >= 11 is -0.212. The monoisotopic (exact) mass is 288 g/mol. The van der Waals surface area contributed by atoms with Gasteiger partial charge in [0.25, 0.3) is 0 Å². The number of rotatable bonds is 7. The lowest BCUT2D eigenvalue weighted by Gasteiger charge is -2.13. The molecule has 0 fully saturated rings. The minimum Gasteiger partial charge on any atom is -0.481 e. The van der Waals surface area contributed by atoms with Crippen molar-refractivity contribution in [2.24, 2.45) is 0 Å². The van der Waals surface area contributed by atoms with Gasteiger partial charge >= 0.3 is 17.5 Å². The Balaban J connectivity index is 3.62. The van der Waals surface area contributed by atoms with Gasteiger partial charge in [-0.3, -0.25) is 4.79 Å². The number of carboxylic acid groups (broad SMARTS) is 1. The molecule has 1 atom stereocenters. The van der Waals surface area contributed by atoms with Gasteiger partial charge in [-0.2, -0.15) is 13.2 Å². The first-order valence-corrected chi connectivity index (χ1v) is 6.16. The number of urea groups is 1. The summed E-state index contributed by atoms with van der Waals surface area (Å²) in [6.45, 7) is 1.51. The van der Waals surface area contributed by atoms with Crippen LogP contribution >= 0.6 is 11.8 Å². The second-order valence-electron chi connectivity index (χ2n) is 3.53. The molecule has 0 aromatic heterocycles. The molecule has 0 aliphatic rings. The summed E-state index contributed by atoms with van der Waals surface area (Å²) < 4.78 is 35.2. The Bertz CT molecular complexity index is 287. The van der Waals surface area contributed by atoms with Crippen LogP contribution in [0.1, 0.15) is 19.8 Å². The standard InChI is InChI=1S/C9H15F3N2O3S/c1-6(2-3-7(15)16)14-8(17)13-4-5-18-9(10,11)12/h6H,2-5H2,1H3,(H,15,16)(H2,13,14,17). The highest BCUT2D eigenvalue weighted by Gasteiger charge is 2.27. The van der Waals surface area contributed by atoms with Crippen LogP contribution < -0.4 is 10.6 Å². The van der Waals surface area contributed by atoms with Gasteiger partial charge in [0.2, 0.25) is 0 Å². The number of hydrogen-bond acceptors (Lipinski definition) is 3. The van der Waals surface area contributed by atoms with Gasteiger partial charge in [-0.25, -0.2) is 4.79 Å². The van der Waals surface area contributed by atoms with E-state index in [-0.39, 0.29) is 42.9 Å². The lowest BCUT2D eigenvalue weighted by Crippen LogP contribution is -2.41. The van der Waals surface area contributed by atoms with Gasteiger partial charge in [0, 0.05) is 24.8 Å². The maximum absolute atomic E-state index is 11.7. The fourth-order valence-corrected chi connectivity index (χ4v) is 1.45. The first-order valence-electron chi connectivity index (χ1n) is 5.17. The Morgan fingerprint density at radius 1 is 1.39 bits per heavy atom. The molecule has 0 aromatic carbocycles. The molecular formula is C9H15F3N2O3S. The minimum atomic E-state index is -4.30. The van der Waals surface area contributed by atoms with E-state index in [0.717, 1.165) is 0 Å². The van der Waals surface area contributed by atoms with E-state index in [9.17, 15) is 22.8 Å². The smallest absolute Gasteiger partial charge is 0.441 e. The average Bonchev–Trinajstić information content (AvgIpc) is 2.20. The summed E-state index contributed by atoms with van der Waals surface area (Å²) in [7, 11) is 0. The average molecular weight is 288 g/mol. The molecule has 0 aliphatic heterocycles. The second-order valence-corrected chi connectivity index (χ2v) is 4.69. The molecule has 2 amide bonds. The zero-order valence-electron chi connectivity index (χ0n) is 9.71. The summed E-state index contributed by atoms with van der Waals surface area (Å²) in [5.41, 5.74) is -4.30. The Labute approximate surface area is 106 Å². The first kappa shape index (κ1) is 16.9. The van der Waals surface area contributed by atoms with Crippen molar-refractivity contribution in [1.29, 1.82) is 0 Å². The van der Waals surface area contributed by atoms with Crippen molar-refractivity contribution in [3.05, 3.63) is 0 Å². The molecule has 3 N–H and O–H groups in total. The maximum atomic E-state index is 11.7. The Morgan fingerprint density at radius 2 is 2.00 bits per heavy atom. The van der Waals surface area contributed by atoms with Crippen molar-refractivity contribution in [3.8, 4) is 0 Å². The number of hydrogen-bond donors (Lipinski definition) is 3. The molecule has 0 radical (unpaired) electrons. The van der Waals surface area contributed by atoms with Crippen molar-refractivity contribution in [2.75, 3.05) is 12.3 Å². The number of nitrogens with one attached hydrogen (secondary N) is 2. The van der Waals surface area contributed by atoms with Crippen LogP contribution in [0, 0.1) is 0 Å². The van der Waals surface area contributed by atoms with E-state index in [0.29, 0.717) is 0 Å². The van der Waals surface area contributed by atoms with E-state index in [2.05, 4.69) is 10.6 Å². The number of alkyl halides is 3. The topological polar surface area (TPSA) is 78.4 Å². The summed E-state index contributed by atoms with van der Waals surface area (Å²) in [4.78, 5) is 21.4. The predicted molar refractivity (Wildman–Crippen MR) is 61.4 cm³/mol. The highest BCUT2D eigenvalue weighted by molar-refractivity contribution is 8.00. The molecule has 0 aliphatic carbocycles. The second kappa shape index (κ2) is 8.06. The third-order valence-electron chi connectivity index (χ3n) is 1.82. The van der Waals surface area contributed by atoms with Gasteiger partial charge in [-0.1, -0.05) is 0 Å². The van der Waals surface area contributed by atoms with Gasteiger partial charge in [0.15, 0.2) is 0 Å². The van der Waals surface area contributed by atoms with Crippen LogP contribution in [0.15, 0.2) is 0 Å². The van der Waals surface area contributed by atoms with Crippen molar-refractivity contribution in [2.45, 2.75) is 31.3 Å². The van der Waals surface area contributed by atoms with Crippen molar-refractivity contribution >= 4 is 23.8 Å². The molecular weight excluding hydrogens is 273 g/mol. The van der Waals surface area contributed by atoms with Gasteiger partial charge in [0.05, 0.1) is 0 Å². The third-order valence-corrected chi connectivity index (χ3v) is 2.56. The third kappa shape index (κ3) is 11.4. The largest absolute Gasteiger partial charge is 0.481 e. The van der Waals surface area contributed by atoms with Crippen LogP contribution in [0.4, 0.5) is 18.0 Å². The SMILES string of the molecule is CC(CCC(=O)O)NC(=O)NCCSC(F)(F)F. The lowest BCUT2D eigenvalue weighted by molar-refractivity contribution is -0.137. The highest BCUT2D eigenvalue weighted by Crippen LogP contribution is 2.29. The molecule has 106 valence electrons. The molecule has 0 bridgehead atoms. The Kier molecular flexibility index (Phi) is 7.56. The highest BCUT2D eigenvalue weighted by atomic mass is 32.2. The summed E-state index contributed by atoms with van der Waals surface area (Å²) in [6, 6.07) is -0.952. The van der Waals surface area contributed by atoms with Crippen LogP contribution in [0.2, 0.25) is 0 Å². The van der Waals surface area contributed by atoms with Crippen molar-refractivity contribution in [3.63, 3.8) is 0 Å². The molecule has 0 saturated carbocycles. The fourth-order valence-electron chi connectivity index (χ4n) is 1.02. The molecule has 0 spiro atoms. The van der Waals surface area contributed by atoms with E-state index < -0.39 is 17.5 Å². The van der Waals surface area contributed by atoms with Crippen LogP contribution in [0.25, 0.3) is 0 Å². The van der Waals surface area contributed by atoms with Gasteiger partial charge in [-0.15, -0.1) is 0 Å². The predicted octanol–water partition coefficient (Wildman–Crippen LogP) is 1.79. The number of amides is 2. The zero-order valence-corrected chi connectivity index (χ0v) is 10.5. The number of aliphatic carboxylic acids is 1. The molecule has 18 heavy (non-hydrogen) atoms. The molecule has 1 unspecified atom stereocenters. The van der Waals surface area contributed by atoms with E-state index >= 15 is 0 Å². The summed E-state index contributed by atoms with van der Waals surface area (Å²) in [6.07, 6.45) is 0.186. The minimum absolute atomic E-state index is 0.0780. The Morgan fingerprint density at radius 3 is 2.50 bits per heavy atom. The van der Waals surface area contributed by atoms with Crippen LogP contribution in [-0.2, 0) is 4.79 Å². The quantitative estimate of drug-likeness (QED) is 0.624. The number of halogens is 3. The summed E-state index contributed by atoms with van der Waals surface area (Å²) in [5, 5.41) is 13.1. The van der Waals surface area contributed by atoms with Crippen LogP contribution in [-0.4, -0.2) is 41.0 Å². The fraction of sp³-hybridized carbons (Fsp3) is 0.778. The Hall–Kier alpha value is -1.12. The first-order chi connectivity index (χ1) is 8.20. The molecule has 0 heterocycles. The number of carbonyl (C=O) groups excluding carboxylic acids is 1. The lowest BCUT2D eigenvalue weighted by atomic mass is 10.2. The van der Waals surface area contributed by atoms with Crippen LogP contribution in [0.5, 0.6) is 0 Å². The molecule has 0 saturated heterocycles. The normalized spacial score (nSPS) is 12.9. The maximum Gasteiger partial charge on any atom is 0.441 e. The molecule has 5 nitrogen and oxygen atoms in total. The zero-order chi connectivity index (χ0) is 14.2. The number of thioether (sulfide) groups is 1. The van der Waals surface area contributed by atoms with E-state index in [1.54, 1.807) is 6.92 Å². The molecule has 0 rings (SSSR count). The van der Waals surface area contributed by atoms with E-state index in [1.807, 2.05) is 0 Å². The van der Waals surface area contributed by atoms with Gasteiger partial charge < -0.3 is 15.7 Å². The van der Waals surface area contributed by atoms with Crippen LogP contribution in [0.3, 0.4) is 0 Å². The van der Waals surface area contributed by atoms with Crippen molar-refractivity contribution < 1.29 is 27.9 Å². The molecule has 9 heteroatoms. The number of carbonyl (C=O) groups is 2. The van der Waals surface area contributed by atoms with Gasteiger partial charge in [-0.05, 0) is 25.1 Å². The van der Waals surface area contributed by atoms with E-state index in [1.165, 1.54) is 0 Å². The number of carboxylic acids is 1. The molecule has 0 aromatic rings. The van der Waals surface area contributed by atoms with Crippen molar-refractivity contribution in [1.82, 2.24) is 10.6 Å². The summed E-state index contributed by atoms with van der Waals surface area (Å²) in [5.74, 6) is -1.23.